The van der Waals surface area contributed by atoms with Gasteiger partial charge in [0.1, 0.15) is 11.9 Å². The van der Waals surface area contributed by atoms with Crippen molar-refractivity contribution in [2.24, 2.45) is 4.99 Å². The maximum Gasteiger partial charge on any atom is 0.194 e. The first-order valence-corrected chi connectivity index (χ1v) is 9.23. The van der Waals surface area contributed by atoms with E-state index in [-0.39, 0.29) is 30.5 Å². The number of furan rings is 1. The third-order valence-electron chi connectivity index (χ3n) is 4.57. The zero-order chi connectivity index (χ0) is 18.4. The van der Waals surface area contributed by atoms with Crippen molar-refractivity contribution in [1.82, 2.24) is 10.2 Å². The summed E-state index contributed by atoms with van der Waals surface area (Å²) >= 11 is 0. The number of anilines is 1. The molecule has 1 aliphatic rings. The molecule has 0 aliphatic carbocycles. The lowest BCUT2D eigenvalue weighted by Crippen LogP contribution is -2.52. The molecule has 2 aromatic rings. The minimum atomic E-state index is -0.716. The maximum absolute atomic E-state index is 10.2. The fourth-order valence-electron chi connectivity index (χ4n) is 3.17. The number of nitrogens with zero attached hydrogens (tertiary/aromatic N) is 3. The first kappa shape index (κ1) is 21.6. The van der Waals surface area contributed by atoms with E-state index in [1.54, 1.807) is 18.4 Å². The summed E-state index contributed by atoms with van der Waals surface area (Å²) in [5.41, 5.74) is 2.56. The molecule has 1 aliphatic heterocycles. The van der Waals surface area contributed by atoms with Gasteiger partial charge in [0, 0.05) is 38.4 Å². The highest BCUT2D eigenvalue weighted by molar-refractivity contribution is 14.0. The normalized spacial score (nSPS) is 16.0. The predicted molar refractivity (Wildman–Crippen MR) is 120 cm³/mol. The molecule has 7 heteroatoms. The van der Waals surface area contributed by atoms with Crippen LogP contribution in [0.3, 0.4) is 0 Å². The first-order chi connectivity index (χ1) is 12.7. The van der Waals surface area contributed by atoms with Gasteiger partial charge in [0.05, 0.1) is 12.8 Å². The van der Waals surface area contributed by atoms with Gasteiger partial charge in [-0.25, -0.2) is 4.99 Å². The molecule has 6 nitrogen and oxygen atoms in total. The summed E-state index contributed by atoms with van der Waals surface area (Å²) in [7, 11) is 0. The SMILES string of the molecule is CCNC(=NCC(O)c1ccco1)N1CCN(c2cccc(C)c2)CC1.I. The van der Waals surface area contributed by atoms with Gasteiger partial charge in [-0.05, 0) is 43.7 Å². The second kappa shape index (κ2) is 10.6. The smallest absolute Gasteiger partial charge is 0.194 e. The second-order valence-corrected chi connectivity index (χ2v) is 6.54. The number of halogens is 1. The predicted octanol–water partition coefficient (Wildman–Crippen LogP) is 3.03. The number of rotatable bonds is 5. The monoisotopic (exact) mass is 484 g/mol. The second-order valence-electron chi connectivity index (χ2n) is 6.54. The molecule has 1 aromatic carbocycles. The molecule has 2 N–H and O–H groups in total. The van der Waals surface area contributed by atoms with Gasteiger partial charge in [-0.15, -0.1) is 24.0 Å². The molecular formula is C20H29IN4O2. The van der Waals surface area contributed by atoms with E-state index in [0.717, 1.165) is 38.7 Å². The number of aliphatic hydroxyl groups excluding tert-OH is 1. The molecule has 1 atom stereocenters. The van der Waals surface area contributed by atoms with Gasteiger partial charge in [-0.2, -0.15) is 0 Å². The first-order valence-electron chi connectivity index (χ1n) is 9.23. The topological polar surface area (TPSA) is 64.2 Å². The van der Waals surface area contributed by atoms with Crippen molar-refractivity contribution in [1.29, 1.82) is 0 Å². The van der Waals surface area contributed by atoms with Crippen LogP contribution in [-0.4, -0.2) is 55.2 Å². The number of aliphatic imine (C=N–C) groups is 1. The Morgan fingerprint density at radius 3 is 2.63 bits per heavy atom. The van der Waals surface area contributed by atoms with Crippen LogP contribution in [0.15, 0.2) is 52.1 Å². The van der Waals surface area contributed by atoms with Crippen LogP contribution in [0.25, 0.3) is 0 Å². The molecule has 27 heavy (non-hydrogen) atoms. The van der Waals surface area contributed by atoms with Crippen molar-refractivity contribution < 1.29 is 9.52 Å². The van der Waals surface area contributed by atoms with E-state index in [2.05, 4.69) is 58.2 Å². The van der Waals surface area contributed by atoms with Gasteiger partial charge in [-0.3, -0.25) is 0 Å². The average molecular weight is 484 g/mol. The Kier molecular flexibility index (Phi) is 8.43. The maximum atomic E-state index is 10.2. The molecular weight excluding hydrogens is 455 g/mol. The van der Waals surface area contributed by atoms with Gasteiger partial charge in [0.2, 0.25) is 0 Å². The van der Waals surface area contributed by atoms with Crippen LogP contribution in [0.4, 0.5) is 5.69 Å². The van der Waals surface area contributed by atoms with Crippen molar-refractivity contribution in [2.45, 2.75) is 20.0 Å². The molecule has 1 unspecified atom stereocenters. The molecule has 148 valence electrons. The summed E-state index contributed by atoms with van der Waals surface area (Å²) in [6.45, 7) is 8.97. The van der Waals surface area contributed by atoms with E-state index in [4.69, 9.17) is 4.42 Å². The van der Waals surface area contributed by atoms with E-state index in [1.165, 1.54) is 11.3 Å². The van der Waals surface area contributed by atoms with Gasteiger partial charge >= 0.3 is 0 Å². The number of piperazine rings is 1. The Balaban J connectivity index is 0.00000261. The lowest BCUT2D eigenvalue weighted by molar-refractivity contribution is 0.158. The zero-order valence-electron chi connectivity index (χ0n) is 16.0. The number of guanidine groups is 1. The van der Waals surface area contributed by atoms with Crippen LogP contribution >= 0.6 is 24.0 Å². The number of nitrogens with one attached hydrogen (secondary N) is 1. The Hall–Kier alpha value is -1.74. The fraction of sp³-hybridized carbons (Fsp3) is 0.450. The van der Waals surface area contributed by atoms with Crippen LogP contribution in [0.5, 0.6) is 0 Å². The van der Waals surface area contributed by atoms with E-state index in [0.29, 0.717) is 5.76 Å². The van der Waals surface area contributed by atoms with Crippen LogP contribution in [0.2, 0.25) is 0 Å². The molecule has 0 saturated carbocycles. The number of aryl methyl sites for hydroxylation is 1. The quantitative estimate of drug-likeness (QED) is 0.388. The van der Waals surface area contributed by atoms with Crippen molar-refractivity contribution in [3.8, 4) is 0 Å². The molecule has 0 radical (unpaired) electrons. The lowest BCUT2D eigenvalue weighted by Gasteiger charge is -2.38. The lowest BCUT2D eigenvalue weighted by atomic mass is 10.2. The molecule has 3 rings (SSSR count). The Labute approximate surface area is 178 Å². The molecule has 1 fully saturated rings. The zero-order valence-corrected chi connectivity index (χ0v) is 18.3. The minimum Gasteiger partial charge on any atom is -0.467 e. The number of hydrogen-bond donors (Lipinski definition) is 2. The average Bonchev–Trinajstić information content (AvgIpc) is 3.20. The number of benzene rings is 1. The van der Waals surface area contributed by atoms with Crippen LogP contribution < -0.4 is 10.2 Å². The van der Waals surface area contributed by atoms with E-state index in [1.807, 2.05) is 0 Å². The summed E-state index contributed by atoms with van der Waals surface area (Å²) in [6, 6.07) is 12.2. The van der Waals surface area contributed by atoms with Gasteiger partial charge in [-0.1, -0.05) is 12.1 Å². The fourth-order valence-corrected chi connectivity index (χ4v) is 3.17. The number of hydrogen-bond acceptors (Lipinski definition) is 4. The highest BCUT2D eigenvalue weighted by Crippen LogP contribution is 2.18. The van der Waals surface area contributed by atoms with E-state index < -0.39 is 6.10 Å². The minimum absolute atomic E-state index is 0. The molecule has 1 saturated heterocycles. The van der Waals surface area contributed by atoms with Gasteiger partial charge in [0.25, 0.3) is 0 Å². The van der Waals surface area contributed by atoms with Crippen molar-refractivity contribution in [3.05, 3.63) is 54.0 Å². The Morgan fingerprint density at radius 1 is 1.22 bits per heavy atom. The summed E-state index contributed by atoms with van der Waals surface area (Å²) in [5, 5.41) is 13.5. The summed E-state index contributed by atoms with van der Waals surface area (Å²) in [4.78, 5) is 9.27. The summed E-state index contributed by atoms with van der Waals surface area (Å²) in [5.74, 6) is 1.40. The van der Waals surface area contributed by atoms with Crippen LogP contribution in [-0.2, 0) is 0 Å². The molecule has 0 spiro atoms. The summed E-state index contributed by atoms with van der Waals surface area (Å²) < 4.78 is 5.25. The molecule has 2 heterocycles. The van der Waals surface area contributed by atoms with Crippen molar-refractivity contribution in [2.75, 3.05) is 44.2 Å². The van der Waals surface area contributed by atoms with Gasteiger partial charge < -0.3 is 24.6 Å². The van der Waals surface area contributed by atoms with Crippen LogP contribution in [0.1, 0.15) is 24.4 Å². The largest absolute Gasteiger partial charge is 0.467 e. The highest BCUT2D eigenvalue weighted by Gasteiger charge is 2.20. The Bertz CT molecular complexity index is 713. The molecule has 0 bridgehead atoms. The highest BCUT2D eigenvalue weighted by atomic mass is 127. The van der Waals surface area contributed by atoms with Gasteiger partial charge in [0.15, 0.2) is 5.96 Å². The third kappa shape index (κ3) is 5.87. The molecule has 0 amide bonds. The van der Waals surface area contributed by atoms with E-state index >= 15 is 0 Å². The molecule has 1 aromatic heterocycles. The standard InChI is InChI=1S/C20H28N4O2.HI/c1-3-21-20(22-15-18(25)19-8-5-13-26-19)24-11-9-23(10-12-24)17-7-4-6-16(2)14-17;/h4-8,13-14,18,25H,3,9-12,15H2,1-2H3,(H,21,22);1H. The van der Waals surface area contributed by atoms with Crippen molar-refractivity contribution >= 4 is 35.6 Å². The van der Waals surface area contributed by atoms with Crippen molar-refractivity contribution in [3.63, 3.8) is 0 Å². The Morgan fingerprint density at radius 2 is 2.00 bits per heavy atom. The number of aliphatic hydroxyl groups is 1. The van der Waals surface area contributed by atoms with E-state index in [9.17, 15) is 5.11 Å². The van der Waals surface area contributed by atoms with Crippen LogP contribution in [0, 0.1) is 6.92 Å². The third-order valence-corrected chi connectivity index (χ3v) is 4.57. The summed E-state index contributed by atoms with van der Waals surface area (Å²) in [6.07, 6.45) is 0.852.